The number of carbonyl (C=O) groups is 2. The number of hydrogen-bond acceptors (Lipinski definition) is 5. The van der Waals surface area contributed by atoms with Crippen LogP contribution in [0.3, 0.4) is 0 Å². The van der Waals surface area contributed by atoms with E-state index in [4.69, 9.17) is 20.4 Å². The third kappa shape index (κ3) is 5.57. The van der Waals surface area contributed by atoms with Crippen LogP contribution in [-0.4, -0.2) is 35.8 Å². The number of nitrogens with zero attached hydrogens (tertiary/aromatic N) is 1. The van der Waals surface area contributed by atoms with Gasteiger partial charge in [-0.3, -0.25) is 14.5 Å². The van der Waals surface area contributed by atoms with Crippen molar-refractivity contribution in [1.82, 2.24) is 15.5 Å². The van der Waals surface area contributed by atoms with Gasteiger partial charge in [-0.25, -0.2) is 0 Å². The predicted molar refractivity (Wildman–Crippen MR) is 116 cm³/mol. The maximum absolute atomic E-state index is 12.5. The molecular formula is C23H24ClN3O4. The minimum Gasteiger partial charge on any atom is -0.467 e. The average Bonchev–Trinajstić information content (AvgIpc) is 3.53. The van der Waals surface area contributed by atoms with E-state index in [0.717, 1.165) is 18.4 Å². The molecule has 1 aliphatic rings. The molecule has 31 heavy (non-hydrogen) atoms. The fourth-order valence-corrected chi connectivity index (χ4v) is 3.81. The molecule has 0 bridgehead atoms. The Hall–Kier alpha value is -3.03. The second-order valence-corrected chi connectivity index (χ2v) is 7.91. The fourth-order valence-electron chi connectivity index (χ4n) is 3.69. The first-order chi connectivity index (χ1) is 15.1. The van der Waals surface area contributed by atoms with Gasteiger partial charge in [0.2, 0.25) is 11.8 Å². The summed E-state index contributed by atoms with van der Waals surface area (Å²) in [6.07, 6.45) is 3.19. The highest BCUT2D eigenvalue weighted by Gasteiger charge is 2.31. The van der Waals surface area contributed by atoms with Crippen LogP contribution < -0.4 is 10.6 Å². The third-order valence-corrected chi connectivity index (χ3v) is 5.53. The highest BCUT2D eigenvalue weighted by molar-refractivity contribution is 6.30. The monoisotopic (exact) mass is 441 g/mol. The molecule has 0 radical (unpaired) electrons. The third-order valence-electron chi connectivity index (χ3n) is 5.28. The van der Waals surface area contributed by atoms with Gasteiger partial charge < -0.3 is 19.5 Å². The Morgan fingerprint density at radius 1 is 1.03 bits per heavy atom. The zero-order chi connectivity index (χ0) is 21.6. The van der Waals surface area contributed by atoms with Crippen molar-refractivity contribution < 1.29 is 18.4 Å². The molecule has 1 aromatic carbocycles. The van der Waals surface area contributed by atoms with Gasteiger partial charge >= 0.3 is 0 Å². The molecule has 2 amide bonds. The first-order valence-electron chi connectivity index (χ1n) is 10.2. The van der Waals surface area contributed by atoms with Gasteiger partial charge in [0, 0.05) is 10.6 Å². The van der Waals surface area contributed by atoms with E-state index in [1.807, 2.05) is 35.2 Å². The molecule has 1 saturated heterocycles. The molecule has 3 heterocycles. The summed E-state index contributed by atoms with van der Waals surface area (Å²) < 4.78 is 11.1. The zero-order valence-corrected chi connectivity index (χ0v) is 17.7. The summed E-state index contributed by atoms with van der Waals surface area (Å²) in [6, 6.07) is 14.4. The Bertz CT molecular complexity index is 1010. The minimum atomic E-state index is -0.305. The number of likely N-dealkylation sites (tertiary alicyclic amines) is 1. The smallest absolute Gasteiger partial charge is 0.237 e. The number of nitrogens with one attached hydrogen (secondary N) is 2. The maximum atomic E-state index is 12.5. The van der Waals surface area contributed by atoms with Crippen LogP contribution >= 0.6 is 11.6 Å². The summed E-state index contributed by atoms with van der Waals surface area (Å²) in [6.45, 7) is 1.52. The lowest BCUT2D eigenvalue weighted by molar-refractivity contribution is -0.128. The summed E-state index contributed by atoms with van der Waals surface area (Å²) in [5.41, 5.74) is 0.919. The second-order valence-electron chi connectivity index (χ2n) is 7.48. The zero-order valence-electron chi connectivity index (χ0n) is 17.0. The molecule has 7 nitrogen and oxygen atoms in total. The van der Waals surface area contributed by atoms with Gasteiger partial charge in [-0.15, -0.1) is 0 Å². The summed E-state index contributed by atoms with van der Waals surface area (Å²) >= 11 is 5.92. The van der Waals surface area contributed by atoms with Gasteiger partial charge in [-0.1, -0.05) is 11.6 Å². The van der Waals surface area contributed by atoms with E-state index >= 15 is 0 Å². The first kappa shape index (κ1) is 21.2. The molecule has 1 aliphatic heterocycles. The Kier molecular flexibility index (Phi) is 6.74. The molecule has 0 aliphatic carbocycles. The normalized spacial score (nSPS) is 16.4. The molecule has 0 saturated carbocycles. The van der Waals surface area contributed by atoms with Crippen molar-refractivity contribution in [1.29, 1.82) is 0 Å². The average molecular weight is 442 g/mol. The van der Waals surface area contributed by atoms with E-state index in [9.17, 15) is 9.59 Å². The molecule has 0 spiro atoms. The lowest BCUT2D eigenvalue weighted by Crippen LogP contribution is -2.46. The van der Waals surface area contributed by atoms with Crippen molar-refractivity contribution in [3.05, 3.63) is 71.3 Å². The lowest BCUT2D eigenvalue weighted by Gasteiger charge is -2.22. The van der Waals surface area contributed by atoms with Crippen molar-refractivity contribution in [3.63, 3.8) is 0 Å². The summed E-state index contributed by atoms with van der Waals surface area (Å²) in [5, 5.41) is 6.42. The first-order valence-corrected chi connectivity index (χ1v) is 10.6. The van der Waals surface area contributed by atoms with Gasteiger partial charge in [-0.2, -0.15) is 0 Å². The van der Waals surface area contributed by atoms with Gasteiger partial charge in [0.1, 0.15) is 17.3 Å². The molecule has 0 unspecified atom stereocenters. The van der Waals surface area contributed by atoms with Crippen LogP contribution in [0.2, 0.25) is 5.02 Å². The molecule has 162 valence electrons. The largest absolute Gasteiger partial charge is 0.467 e. The number of furan rings is 2. The van der Waals surface area contributed by atoms with Crippen molar-refractivity contribution in [2.75, 3.05) is 13.1 Å². The fraction of sp³-hybridized carbons (Fsp3) is 0.304. The summed E-state index contributed by atoms with van der Waals surface area (Å²) in [5.74, 6) is 1.85. The van der Waals surface area contributed by atoms with E-state index in [-0.39, 0.29) is 30.9 Å². The van der Waals surface area contributed by atoms with Crippen LogP contribution in [0, 0.1) is 0 Å². The van der Waals surface area contributed by atoms with Crippen LogP contribution in [-0.2, 0) is 22.7 Å². The Labute approximate surface area is 185 Å². The van der Waals surface area contributed by atoms with Crippen molar-refractivity contribution >= 4 is 23.4 Å². The van der Waals surface area contributed by atoms with E-state index < -0.39 is 0 Å². The summed E-state index contributed by atoms with van der Waals surface area (Å²) in [4.78, 5) is 26.9. The molecule has 8 heteroatoms. The van der Waals surface area contributed by atoms with Gasteiger partial charge in [0.05, 0.1) is 31.9 Å². The Morgan fingerprint density at radius 3 is 2.61 bits per heavy atom. The van der Waals surface area contributed by atoms with Crippen molar-refractivity contribution in [3.8, 4) is 11.3 Å². The van der Waals surface area contributed by atoms with E-state index in [1.54, 1.807) is 24.5 Å². The number of amides is 2. The van der Waals surface area contributed by atoms with Crippen LogP contribution in [0.15, 0.2) is 63.6 Å². The van der Waals surface area contributed by atoms with Crippen LogP contribution in [0.25, 0.3) is 11.3 Å². The molecule has 3 aromatic rings. The van der Waals surface area contributed by atoms with Crippen LogP contribution in [0.1, 0.15) is 24.4 Å². The number of benzene rings is 1. The SMILES string of the molecule is O=C(CN1CCC[C@H]1C(=O)NCc1ccco1)NCc1ccc(-c2ccc(Cl)cc2)o1. The predicted octanol–water partition coefficient (Wildman–Crippen LogP) is 3.59. The van der Waals surface area contributed by atoms with E-state index in [2.05, 4.69) is 10.6 Å². The van der Waals surface area contributed by atoms with Crippen LogP contribution in [0.5, 0.6) is 0 Å². The second kappa shape index (κ2) is 9.85. The molecule has 2 N–H and O–H groups in total. The molecular weight excluding hydrogens is 418 g/mol. The van der Waals surface area contributed by atoms with Gasteiger partial charge in [-0.05, 0) is 67.9 Å². The van der Waals surface area contributed by atoms with E-state index in [1.165, 1.54) is 0 Å². The van der Waals surface area contributed by atoms with Crippen molar-refractivity contribution in [2.45, 2.75) is 32.0 Å². The molecule has 1 fully saturated rings. The Morgan fingerprint density at radius 2 is 1.84 bits per heavy atom. The van der Waals surface area contributed by atoms with Crippen molar-refractivity contribution in [2.24, 2.45) is 0 Å². The van der Waals surface area contributed by atoms with E-state index in [0.29, 0.717) is 35.4 Å². The van der Waals surface area contributed by atoms with Gasteiger partial charge in [0.25, 0.3) is 0 Å². The minimum absolute atomic E-state index is 0.0830. The molecule has 2 aromatic heterocycles. The quantitative estimate of drug-likeness (QED) is 0.557. The number of hydrogen-bond donors (Lipinski definition) is 2. The molecule has 4 rings (SSSR count). The molecule has 1 atom stereocenters. The highest BCUT2D eigenvalue weighted by Crippen LogP contribution is 2.24. The maximum Gasteiger partial charge on any atom is 0.237 e. The van der Waals surface area contributed by atoms with Crippen LogP contribution in [0.4, 0.5) is 0 Å². The number of carbonyl (C=O) groups excluding carboxylic acids is 2. The lowest BCUT2D eigenvalue weighted by atomic mass is 10.2. The summed E-state index contributed by atoms with van der Waals surface area (Å²) in [7, 11) is 0. The standard InChI is InChI=1S/C23H24ClN3O4/c24-17-7-5-16(6-8-17)21-10-9-19(31-21)14-25-22(28)15-27-11-1-4-20(27)23(29)26-13-18-3-2-12-30-18/h2-3,5-10,12,20H,1,4,11,13-15H2,(H,25,28)(H,26,29)/t20-/m0/s1. The number of halogens is 1. The highest BCUT2D eigenvalue weighted by atomic mass is 35.5. The Balaban J connectivity index is 1.25. The topological polar surface area (TPSA) is 87.7 Å². The van der Waals surface area contributed by atoms with Gasteiger partial charge in [0.15, 0.2) is 0 Å². The number of rotatable bonds is 8.